The van der Waals surface area contributed by atoms with Gasteiger partial charge in [0.2, 0.25) is 0 Å². The summed E-state index contributed by atoms with van der Waals surface area (Å²) in [5.41, 5.74) is 4.44. The number of unbranched alkanes of at least 4 members (excludes halogenated alkanes) is 11. The molecule has 0 radical (unpaired) electrons. The molecule has 1 unspecified atom stereocenters. The third-order valence-corrected chi connectivity index (χ3v) is 6.12. The van der Waals surface area contributed by atoms with Crippen LogP contribution in [0.15, 0.2) is 18.2 Å². The van der Waals surface area contributed by atoms with Crippen LogP contribution in [0, 0.1) is 19.8 Å². The number of aliphatic carboxylic acids is 1. The summed E-state index contributed by atoms with van der Waals surface area (Å²) in [7, 11) is 0. The molecule has 160 valence electrons. The van der Waals surface area contributed by atoms with E-state index in [-0.39, 0.29) is 0 Å². The molecule has 1 aromatic carbocycles. The Morgan fingerprint density at radius 1 is 0.821 bits per heavy atom. The van der Waals surface area contributed by atoms with Gasteiger partial charge in [-0.15, -0.1) is 0 Å². The molecule has 28 heavy (non-hydrogen) atoms. The Morgan fingerprint density at radius 2 is 1.32 bits per heavy atom. The maximum atomic E-state index is 10.4. The molecular formula is C26H44O2. The van der Waals surface area contributed by atoms with Crippen LogP contribution in [0.4, 0.5) is 0 Å². The van der Waals surface area contributed by atoms with Crippen LogP contribution in [0.25, 0.3) is 0 Å². The van der Waals surface area contributed by atoms with Gasteiger partial charge in [-0.2, -0.15) is 0 Å². The Kier molecular flexibility index (Phi) is 13.8. The van der Waals surface area contributed by atoms with Crippen LogP contribution in [-0.4, -0.2) is 11.1 Å². The van der Waals surface area contributed by atoms with Crippen molar-refractivity contribution >= 4 is 5.97 Å². The van der Waals surface area contributed by atoms with Crippen molar-refractivity contribution in [1.82, 2.24) is 0 Å². The first kappa shape index (κ1) is 24.7. The molecule has 0 aliphatic carbocycles. The Balaban J connectivity index is 1.88. The third kappa shape index (κ3) is 12.2. The van der Waals surface area contributed by atoms with E-state index in [1.54, 1.807) is 0 Å². The number of rotatable bonds is 17. The van der Waals surface area contributed by atoms with Crippen molar-refractivity contribution < 1.29 is 9.90 Å². The van der Waals surface area contributed by atoms with Crippen LogP contribution in [0.2, 0.25) is 0 Å². The van der Waals surface area contributed by atoms with Gasteiger partial charge in [0, 0.05) is 6.42 Å². The topological polar surface area (TPSA) is 37.3 Å². The van der Waals surface area contributed by atoms with E-state index in [0.29, 0.717) is 6.42 Å². The van der Waals surface area contributed by atoms with Gasteiger partial charge >= 0.3 is 5.97 Å². The summed E-state index contributed by atoms with van der Waals surface area (Å²) in [5.74, 6) is 0.131. The second-order valence-electron chi connectivity index (χ2n) is 8.84. The lowest BCUT2D eigenvalue weighted by atomic mass is 9.91. The Hall–Kier alpha value is -1.31. The molecule has 0 heterocycles. The van der Waals surface area contributed by atoms with Gasteiger partial charge in [-0.25, -0.2) is 0 Å². The van der Waals surface area contributed by atoms with Crippen LogP contribution in [0.1, 0.15) is 114 Å². The highest BCUT2D eigenvalue weighted by Gasteiger charge is 2.07. The van der Waals surface area contributed by atoms with Crippen LogP contribution in [-0.2, 0) is 11.2 Å². The van der Waals surface area contributed by atoms with E-state index in [1.807, 2.05) is 0 Å². The van der Waals surface area contributed by atoms with E-state index < -0.39 is 5.97 Å². The number of carbonyl (C=O) groups is 1. The monoisotopic (exact) mass is 388 g/mol. The van der Waals surface area contributed by atoms with Crippen molar-refractivity contribution in [3.05, 3.63) is 34.9 Å². The maximum absolute atomic E-state index is 10.4. The SMILES string of the molecule is Cc1cccc(CC(C)CCCCCCCCCCCCCCC(=O)O)c1C. The first-order valence-corrected chi connectivity index (χ1v) is 11.8. The van der Waals surface area contributed by atoms with Crippen LogP contribution < -0.4 is 0 Å². The molecular weight excluding hydrogens is 344 g/mol. The summed E-state index contributed by atoms with van der Waals surface area (Å²) in [4.78, 5) is 10.4. The predicted molar refractivity (Wildman–Crippen MR) is 121 cm³/mol. The van der Waals surface area contributed by atoms with E-state index in [0.717, 1.165) is 18.8 Å². The lowest BCUT2D eigenvalue weighted by Gasteiger charge is -2.14. The highest BCUT2D eigenvalue weighted by atomic mass is 16.4. The number of benzene rings is 1. The normalized spacial score (nSPS) is 12.2. The quantitative estimate of drug-likeness (QED) is 0.274. The van der Waals surface area contributed by atoms with Crippen LogP contribution in [0.5, 0.6) is 0 Å². The number of aryl methyl sites for hydroxylation is 1. The average Bonchev–Trinajstić information content (AvgIpc) is 2.65. The Bertz CT molecular complexity index is 535. The highest BCUT2D eigenvalue weighted by molar-refractivity contribution is 5.66. The Morgan fingerprint density at radius 3 is 1.86 bits per heavy atom. The summed E-state index contributed by atoms with van der Waals surface area (Å²) in [6.07, 6.45) is 18.3. The molecule has 0 bridgehead atoms. The van der Waals surface area contributed by atoms with E-state index in [2.05, 4.69) is 39.0 Å². The van der Waals surface area contributed by atoms with Crippen molar-refractivity contribution in [2.75, 3.05) is 0 Å². The van der Waals surface area contributed by atoms with Gasteiger partial charge in [0.1, 0.15) is 0 Å². The molecule has 1 aromatic rings. The second-order valence-corrected chi connectivity index (χ2v) is 8.84. The van der Waals surface area contributed by atoms with E-state index in [9.17, 15) is 4.79 Å². The molecule has 2 nitrogen and oxygen atoms in total. The second kappa shape index (κ2) is 15.6. The number of carboxylic acid groups (broad SMARTS) is 1. The molecule has 2 heteroatoms. The largest absolute Gasteiger partial charge is 0.481 e. The fourth-order valence-corrected chi connectivity index (χ4v) is 4.05. The molecule has 0 spiro atoms. The van der Waals surface area contributed by atoms with Gasteiger partial charge in [-0.1, -0.05) is 102 Å². The summed E-state index contributed by atoms with van der Waals surface area (Å²) >= 11 is 0. The lowest BCUT2D eigenvalue weighted by molar-refractivity contribution is -0.137. The number of hydrogen-bond acceptors (Lipinski definition) is 1. The van der Waals surface area contributed by atoms with Gasteiger partial charge in [-0.3, -0.25) is 4.79 Å². The fraction of sp³-hybridized carbons (Fsp3) is 0.731. The zero-order chi connectivity index (χ0) is 20.6. The molecule has 1 rings (SSSR count). The zero-order valence-electron chi connectivity index (χ0n) is 18.8. The van der Waals surface area contributed by atoms with Gasteiger partial charge in [0.05, 0.1) is 0 Å². The van der Waals surface area contributed by atoms with Crippen LogP contribution >= 0.6 is 0 Å². The van der Waals surface area contributed by atoms with Crippen LogP contribution in [0.3, 0.4) is 0 Å². The first-order valence-electron chi connectivity index (χ1n) is 11.8. The van der Waals surface area contributed by atoms with E-state index >= 15 is 0 Å². The van der Waals surface area contributed by atoms with Gasteiger partial charge < -0.3 is 5.11 Å². The summed E-state index contributed by atoms with van der Waals surface area (Å²) in [5, 5.41) is 8.60. The molecule has 1 N–H and O–H groups in total. The maximum Gasteiger partial charge on any atom is 0.303 e. The van der Waals surface area contributed by atoms with Crippen molar-refractivity contribution in [3.63, 3.8) is 0 Å². The number of hydrogen-bond donors (Lipinski definition) is 1. The molecule has 0 aromatic heterocycles. The van der Waals surface area contributed by atoms with Gasteiger partial charge in [0.25, 0.3) is 0 Å². The van der Waals surface area contributed by atoms with E-state index in [1.165, 1.54) is 93.7 Å². The van der Waals surface area contributed by atoms with Crippen molar-refractivity contribution in [3.8, 4) is 0 Å². The Labute approximate surface area is 174 Å². The minimum atomic E-state index is -0.657. The lowest BCUT2D eigenvalue weighted by Crippen LogP contribution is -2.02. The molecule has 0 saturated heterocycles. The minimum Gasteiger partial charge on any atom is -0.481 e. The highest BCUT2D eigenvalue weighted by Crippen LogP contribution is 2.20. The van der Waals surface area contributed by atoms with Crippen molar-refractivity contribution in [2.45, 2.75) is 117 Å². The third-order valence-electron chi connectivity index (χ3n) is 6.12. The number of carboxylic acids is 1. The zero-order valence-corrected chi connectivity index (χ0v) is 18.8. The first-order chi connectivity index (χ1) is 13.5. The summed E-state index contributed by atoms with van der Waals surface area (Å²) < 4.78 is 0. The van der Waals surface area contributed by atoms with Gasteiger partial charge in [-0.05, 0) is 49.3 Å². The van der Waals surface area contributed by atoms with E-state index in [4.69, 9.17) is 5.11 Å². The molecule has 1 atom stereocenters. The van der Waals surface area contributed by atoms with Crippen molar-refractivity contribution in [2.24, 2.45) is 5.92 Å². The van der Waals surface area contributed by atoms with Gasteiger partial charge in [0.15, 0.2) is 0 Å². The molecule has 0 aliphatic heterocycles. The molecule has 0 amide bonds. The fourth-order valence-electron chi connectivity index (χ4n) is 4.05. The molecule has 0 fully saturated rings. The minimum absolute atomic E-state index is 0.338. The van der Waals surface area contributed by atoms with Crippen molar-refractivity contribution in [1.29, 1.82) is 0 Å². The standard InChI is InChI=1S/C26H44O2/c1-22(21-25-19-16-18-23(2)24(25)3)17-14-12-10-8-6-4-5-7-9-11-13-15-20-26(27)28/h16,18-19,22H,4-15,17,20-21H2,1-3H3,(H,27,28). The molecule has 0 aliphatic rings. The predicted octanol–water partition coefficient (Wildman–Crippen LogP) is 8.03. The smallest absolute Gasteiger partial charge is 0.303 e. The summed E-state index contributed by atoms with van der Waals surface area (Å²) in [6.45, 7) is 6.88. The summed E-state index contributed by atoms with van der Waals surface area (Å²) in [6, 6.07) is 6.71. The molecule has 0 saturated carbocycles. The average molecular weight is 389 g/mol.